The van der Waals surface area contributed by atoms with Gasteiger partial charge in [-0.25, -0.2) is 0 Å². The molecule has 0 amide bonds. The van der Waals surface area contributed by atoms with Gasteiger partial charge >= 0.3 is 0 Å². The van der Waals surface area contributed by atoms with E-state index in [0.29, 0.717) is 12.0 Å². The summed E-state index contributed by atoms with van der Waals surface area (Å²) in [7, 11) is 2.06. The zero-order valence-electron chi connectivity index (χ0n) is 14.6. The second-order valence-electron chi connectivity index (χ2n) is 6.37. The van der Waals surface area contributed by atoms with Gasteiger partial charge in [0, 0.05) is 12.0 Å². The van der Waals surface area contributed by atoms with Crippen molar-refractivity contribution in [3.8, 4) is 5.75 Å². The number of rotatable bonds is 6. The smallest absolute Gasteiger partial charge is 0.119 e. The minimum atomic E-state index is 0. The molecular weight excluding hydrogens is 318 g/mol. The van der Waals surface area contributed by atoms with E-state index in [0.717, 1.165) is 18.8 Å². The number of fused-ring (bicyclic) bond motifs is 1. The predicted octanol–water partition coefficient (Wildman–Crippen LogP) is 5.47. The first-order chi connectivity index (χ1) is 11.3. The molecule has 3 heteroatoms. The molecule has 0 saturated carbocycles. The molecule has 0 radical (unpaired) electrons. The van der Waals surface area contributed by atoms with Gasteiger partial charge < -0.3 is 10.1 Å². The largest absolute Gasteiger partial charge is 0.494 e. The van der Waals surface area contributed by atoms with Crippen LogP contribution >= 0.6 is 12.4 Å². The van der Waals surface area contributed by atoms with Gasteiger partial charge in [0.15, 0.2) is 0 Å². The molecular formula is C21H28ClNO. The standard InChI is InChI=1S/C21H27NO.ClH/c1-3-4-15-23-17-11-9-16(10-12-17)18-13-14-21(22-2)20-8-6-5-7-19(18)20;/h5-12,18,21-22H,3-4,13-15H2,1-2H3;1H/t18-,21-;/m0./s1. The van der Waals surface area contributed by atoms with Crippen molar-refractivity contribution in [1.82, 2.24) is 5.32 Å². The molecule has 130 valence electrons. The molecule has 0 saturated heterocycles. The van der Waals surface area contributed by atoms with Crippen molar-refractivity contribution in [3.05, 3.63) is 65.2 Å². The Balaban J connectivity index is 0.00000208. The second kappa shape index (κ2) is 9.10. The Hall–Kier alpha value is -1.51. The fraction of sp³-hybridized carbons (Fsp3) is 0.429. The Kier molecular flexibility index (Phi) is 7.14. The fourth-order valence-corrected chi connectivity index (χ4v) is 3.57. The number of nitrogens with one attached hydrogen (secondary N) is 1. The SMILES string of the molecule is CCCCOc1ccc([C@@H]2CC[C@H](NC)c3ccccc32)cc1.Cl. The predicted molar refractivity (Wildman–Crippen MR) is 103 cm³/mol. The molecule has 1 N–H and O–H groups in total. The fourth-order valence-electron chi connectivity index (χ4n) is 3.57. The Morgan fingerprint density at radius 1 is 1.00 bits per heavy atom. The molecule has 24 heavy (non-hydrogen) atoms. The molecule has 1 aliphatic rings. The van der Waals surface area contributed by atoms with Crippen molar-refractivity contribution in [3.63, 3.8) is 0 Å². The third-order valence-electron chi connectivity index (χ3n) is 4.89. The summed E-state index contributed by atoms with van der Waals surface area (Å²) in [6.07, 6.45) is 4.66. The van der Waals surface area contributed by atoms with Crippen molar-refractivity contribution in [2.24, 2.45) is 0 Å². The van der Waals surface area contributed by atoms with Crippen molar-refractivity contribution >= 4 is 12.4 Å². The highest BCUT2D eigenvalue weighted by Crippen LogP contribution is 2.41. The molecule has 0 fully saturated rings. The Bertz CT molecular complexity index is 626. The van der Waals surface area contributed by atoms with Crippen molar-refractivity contribution in [2.75, 3.05) is 13.7 Å². The number of benzene rings is 2. The summed E-state index contributed by atoms with van der Waals surface area (Å²) in [5.74, 6) is 1.49. The minimum absolute atomic E-state index is 0. The van der Waals surface area contributed by atoms with Crippen molar-refractivity contribution in [2.45, 2.75) is 44.6 Å². The number of ether oxygens (including phenoxy) is 1. The van der Waals surface area contributed by atoms with Crippen LogP contribution in [0.25, 0.3) is 0 Å². The zero-order valence-corrected chi connectivity index (χ0v) is 15.4. The van der Waals surface area contributed by atoms with E-state index in [2.05, 4.69) is 67.8 Å². The quantitative estimate of drug-likeness (QED) is 0.700. The maximum atomic E-state index is 5.78. The first-order valence-corrected chi connectivity index (χ1v) is 8.82. The molecule has 0 aromatic heterocycles. The lowest BCUT2D eigenvalue weighted by Gasteiger charge is -2.31. The van der Waals surface area contributed by atoms with Gasteiger partial charge in [-0.2, -0.15) is 0 Å². The summed E-state index contributed by atoms with van der Waals surface area (Å²) in [5.41, 5.74) is 4.32. The van der Waals surface area contributed by atoms with Crippen molar-refractivity contribution in [1.29, 1.82) is 0 Å². The van der Waals surface area contributed by atoms with E-state index < -0.39 is 0 Å². The summed E-state index contributed by atoms with van der Waals surface area (Å²) < 4.78 is 5.78. The van der Waals surface area contributed by atoms with Crippen LogP contribution in [0, 0.1) is 0 Å². The Labute approximate surface area is 152 Å². The van der Waals surface area contributed by atoms with Crippen LogP contribution in [0.4, 0.5) is 0 Å². The van der Waals surface area contributed by atoms with Gasteiger partial charge in [0.2, 0.25) is 0 Å². The van der Waals surface area contributed by atoms with Crippen molar-refractivity contribution < 1.29 is 4.74 Å². The zero-order chi connectivity index (χ0) is 16.1. The molecule has 0 aliphatic heterocycles. The van der Waals surface area contributed by atoms with Crippen LogP contribution < -0.4 is 10.1 Å². The van der Waals surface area contributed by atoms with Gasteiger partial charge in [-0.05, 0) is 55.1 Å². The lowest BCUT2D eigenvalue weighted by atomic mass is 9.77. The third-order valence-corrected chi connectivity index (χ3v) is 4.89. The molecule has 0 unspecified atom stereocenters. The van der Waals surface area contributed by atoms with E-state index in [1.165, 1.54) is 36.0 Å². The van der Waals surface area contributed by atoms with E-state index in [4.69, 9.17) is 4.74 Å². The average molecular weight is 346 g/mol. The summed E-state index contributed by atoms with van der Waals surface area (Å²) in [6.45, 7) is 3.00. The van der Waals surface area contributed by atoms with E-state index in [-0.39, 0.29) is 12.4 Å². The van der Waals surface area contributed by atoms with Crippen LogP contribution in [0.2, 0.25) is 0 Å². The monoisotopic (exact) mass is 345 g/mol. The molecule has 2 atom stereocenters. The molecule has 0 bridgehead atoms. The highest BCUT2D eigenvalue weighted by Gasteiger charge is 2.26. The number of hydrogen-bond donors (Lipinski definition) is 1. The topological polar surface area (TPSA) is 21.3 Å². The minimum Gasteiger partial charge on any atom is -0.494 e. The first kappa shape index (κ1) is 18.8. The maximum absolute atomic E-state index is 5.78. The van der Waals surface area contributed by atoms with Gasteiger partial charge in [0.05, 0.1) is 6.61 Å². The maximum Gasteiger partial charge on any atom is 0.119 e. The van der Waals surface area contributed by atoms with E-state index in [1.54, 1.807) is 0 Å². The third kappa shape index (κ3) is 4.12. The van der Waals surface area contributed by atoms with Crippen LogP contribution in [0.15, 0.2) is 48.5 Å². The molecule has 2 aromatic carbocycles. The molecule has 2 nitrogen and oxygen atoms in total. The Morgan fingerprint density at radius 2 is 1.71 bits per heavy atom. The number of hydrogen-bond acceptors (Lipinski definition) is 2. The summed E-state index contributed by atoms with van der Waals surface area (Å²) in [6, 6.07) is 18.1. The van der Waals surface area contributed by atoms with Crippen LogP contribution in [0.1, 0.15) is 61.3 Å². The lowest BCUT2D eigenvalue weighted by Crippen LogP contribution is -2.24. The number of halogens is 1. The van der Waals surface area contributed by atoms with E-state index in [9.17, 15) is 0 Å². The van der Waals surface area contributed by atoms with Gasteiger partial charge in [-0.15, -0.1) is 12.4 Å². The summed E-state index contributed by atoms with van der Waals surface area (Å²) in [4.78, 5) is 0. The summed E-state index contributed by atoms with van der Waals surface area (Å²) in [5, 5.41) is 3.45. The summed E-state index contributed by atoms with van der Waals surface area (Å²) >= 11 is 0. The Morgan fingerprint density at radius 3 is 2.38 bits per heavy atom. The highest BCUT2D eigenvalue weighted by atomic mass is 35.5. The van der Waals surface area contributed by atoms with Crippen LogP contribution in [0.3, 0.4) is 0 Å². The van der Waals surface area contributed by atoms with Crippen LogP contribution in [0.5, 0.6) is 5.75 Å². The van der Waals surface area contributed by atoms with Crippen LogP contribution in [-0.2, 0) is 0 Å². The highest BCUT2D eigenvalue weighted by molar-refractivity contribution is 5.85. The molecule has 1 aliphatic carbocycles. The number of unbranched alkanes of at least 4 members (excludes halogenated alkanes) is 1. The average Bonchev–Trinajstić information content (AvgIpc) is 2.62. The first-order valence-electron chi connectivity index (χ1n) is 8.82. The second-order valence-corrected chi connectivity index (χ2v) is 6.37. The molecule has 0 spiro atoms. The lowest BCUT2D eigenvalue weighted by molar-refractivity contribution is 0.309. The van der Waals surface area contributed by atoms with Crippen LogP contribution in [-0.4, -0.2) is 13.7 Å². The van der Waals surface area contributed by atoms with E-state index in [1.807, 2.05) is 0 Å². The van der Waals surface area contributed by atoms with Gasteiger partial charge in [-0.1, -0.05) is 49.7 Å². The normalized spacial score (nSPS) is 19.2. The van der Waals surface area contributed by atoms with Gasteiger partial charge in [0.25, 0.3) is 0 Å². The molecule has 3 rings (SSSR count). The van der Waals surface area contributed by atoms with Gasteiger partial charge in [-0.3, -0.25) is 0 Å². The van der Waals surface area contributed by atoms with E-state index >= 15 is 0 Å². The molecule has 0 heterocycles. The van der Waals surface area contributed by atoms with Gasteiger partial charge in [0.1, 0.15) is 5.75 Å². The molecule has 2 aromatic rings.